The van der Waals surface area contributed by atoms with Crippen LogP contribution in [0.4, 0.5) is 4.39 Å². The van der Waals surface area contributed by atoms with Gasteiger partial charge in [0.1, 0.15) is 5.82 Å². The average molecular weight is 224 g/mol. The number of carbonyl (C=O) groups excluding carboxylic acids is 1. The first-order chi connectivity index (χ1) is 7.55. The van der Waals surface area contributed by atoms with Gasteiger partial charge in [0.25, 0.3) is 0 Å². The molecule has 0 spiro atoms. The zero-order chi connectivity index (χ0) is 11.8. The first-order valence-corrected chi connectivity index (χ1v) is 5.11. The fourth-order valence-corrected chi connectivity index (χ4v) is 2.10. The molecule has 0 unspecified atom stereocenters. The van der Waals surface area contributed by atoms with Crippen molar-refractivity contribution in [1.29, 1.82) is 0 Å². The van der Waals surface area contributed by atoms with Crippen LogP contribution in [0.3, 0.4) is 0 Å². The molecule has 0 heterocycles. The van der Waals surface area contributed by atoms with E-state index in [4.69, 9.17) is 0 Å². The fraction of sp³-hybridized carbons (Fsp3) is 0.417. The first-order valence-electron chi connectivity index (χ1n) is 5.11. The maximum Gasteiger partial charge on any atom is 0.308 e. The van der Waals surface area contributed by atoms with Gasteiger partial charge in [0.15, 0.2) is 0 Å². The second kappa shape index (κ2) is 3.87. The molecule has 1 aliphatic carbocycles. The van der Waals surface area contributed by atoms with Gasteiger partial charge in [-0.25, -0.2) is 4.39 Å². The van der Waals surface area contributed by atoms with Gasteiger partial charge < -0.3 is 9.84 Å². The van der Waals surface area contributed by atoms with Crippen LogP contribution in [0, 0.1) is 11.7 Å². The minimum absolute atomic E-state index is 0.279. The Labute approximate surface area is 92.9 Å². The van der Waals surface area contributed by atoms with Crippen molar-refractivity contribution in [2.75, 3.05) is 7.11 Å². The molecule has 1 aromatic rings. The highest BCUT2D eigenvalue weighted by Gasteiger charge is 2.47. The predicted molar refractivity (Wildman–Crippen MR) is 55.0 cm³/mol. The third-order valence-corrected chi connectivity index (χ3v) is 3.06. The van der Waals surface area contributed by atoms with E-state index in [9.17, 15) is 14.3 Å². The summed E-state index contributed by atoms with van der Waals surface area (Å²) in [7, 11) is 1.32. The highest BCUT2D eigenvalue weighted by atomic mass is 19.1. The topological polar surface area (TPSA) is 46.5 Å². The molecule has 1 aliphatic rings. The van der Waals surface area contributed by atoms with Crippen molar-refractivity contribution in [1.82, 2.24) is 0 Å². The number of aliphatic hydroxyl groups is 1. The summed E-state index contributed by atoms with van der Waals surface area (Å²) in [5, 5.41) is 10.1. The van der Waals surface area contributed by atoms with E-state index in [1.165, 1.54) is 19.2 Å². The summed E-state index contributed by atoms with van der Waals surface area (Å²) in [4.78, 5) is 11.2. The maximum atomic E-state index is 13.0. The van der Waals surface area contributed by atoms with Crippen LogP contribution in [0.15, 0.2) is 24.3 Å². The van der Waals surface area contributed by atoms with E-state index < -0.39 is 5.60 Å². The standard InChI is InChI=1S/C12H13FO3/c1-16-11(14)8-6-12(15,7-8)9-3-2-4-10(13)5-9/h2-5,8,15H,6-7H2,1H3. The van der Waals surface area contributed by atoms with Crippen molar-refractivity contribution in [3.8, 4) is 0 Å². The van der Waals surface area contributed by atoms with E-state index in [2.05, 4.69) is 4.74 Å². The monoisotopic (exact) mass is 224 g/mol. The Balaban J connectivity index is 2.10. The van der Waals surface area contributed by atoms with Gasteiger partial charge in [-0.1, -0.05) is 12.1 Å². The summed E-state index contributed by atoms with van der Waals surface area (Å²) < 4.78 is 17.6. The van der Waals surface area contributed by atoms with Crippen molar-refractivity contribution in [2.24, 2.45) is 5.92 Å². The number of hydrogen-bond acceptors (Lipinski definition) is 3. The highest BCUT2D eigenvalue weighted by Crippen LogP contribution is 2.46. The van der Waals surface area contributed by atoms with E-state index in [1.54, 1.807) is 12.1 Å². The molecule has 0 amide bonds. The fourth-order valence-electron chi connectivity index (χ4n) is 2.10. The third kappa shape index (κ3) is 1.80. The van der Waals surface area contributed by atoms with Gasteiger partial charge in [0, 0.05) is 0 Å². The lowest BCUT2D eigenvalue weighted by Gasteiger charge is -2.42. The van der Waals surface area contributed by atoms with Crippen LogP contribution >= 0.6 is 0 Å². The number of halogens is 1. The lowest BCUT2D eigenvalue weighted by molar-refractivity contribution is -0.163. The highest BCUT2D eigenvalue weighted by molar-refractivity contribution is 5.74. The molecule has 86 valence electrons. The molecular formula is C12H13FO3. The average Bonchev–Trinajstić information content (AvgIpc) is 2.23. The summed E-state index contributed by atoms with van der Waals surface area (Å²) in [5.74, 6) is -0.980. The molecule has 1 fully saturated rings. The quantitative estimate of drug-likeness (QED) is 0.776. The molecule has 1 aromatic carbocycles. The van der Waals surface area contributed by atoms with Crippen LogP contribution in [0.5, 0.6) is 0 Å². The number of rotatable bonds is 2. The summed E-state index contributed by atoms with van der Waals surface area (Å²) in [6.07, 6.45) is 0.590. The Morgan fingerprint density at radius 2 is 2.25 bits per heavy atom. The van der Waals surface area contributed by atoms with Gasteiger partial charge in [0.2, 0.25) is 0 Å². The zero-order valence-electron chi connectivity index (χ0n) is 8.94. The Morgan fingerprint density at radius 3 is 2.81 bits per heavy atom. The molecule has 16 heavy (non-hydrogen) atoms. The van der Waals surface area contributed by atoms with Crippen molar-refractivity contribution in [2.45, 2.75) is 18.4 Å². The number of esters is 1. The van der Waals surface area contributed by atoms with E-state index >= 15 is 0 Å². The summed E-state index contributed by atoms with van der Waals surface area (Å²) in [5.41, 5.74) is -0.561. The van der Waals surface area contributed by atoms with Crippen LogP contribution < -0.4 is 0 Å². The van der Waals surface area contributed by atoms with Crippen molar-refractivity contribution in [3.05, 3.63) is 35.6 Å². The molecule has 0 saturated heterocycles. The van der Waals surface area contributed by atoms with E-state index in [0.717, 1.165) is 0 Å². The molecular weight excluding hydrogens is 211 g/mol. The summed E-state index contributed by atoms with van der Waals surface area (Å²) in [6.45, 7) is 0. The third-order valence-electron chi connectivity index (χ3n) is 3.06. The first kappa shape index (κ1) is 11.1. The predicted octanol–water partition coefficient (Wildman–Crippen LogP) is 1.60. The number of methoxy groups -OCH3 is 1. The number of carbonyl (C=O) groups is 1. The molecule has 1 saturated carbocycles. The minimum atomic E-state index is -1.08. The second-order valence-corrected chi connectivity index (χ2v) is 4.17. The van der Waals surface area contributed by atoms with Gasteiger partial charge in [-0.05, 0) is 30.5 Å². The second-order valence-electron chi connectivity index (χ2n) is 4.17. The van der Waals surface area contributed by atoms with Crippen LogP contribution in [0.25, 0.3) is 0 Å². The molecule has 4 heteroatoms. The molecule has 0 aromatic heterocycles. The summed E-state index contributed by atoms with van der Waals surface area (Å²) >= 11 is 0. The van der Waals surface area contributed by atoms with Crippen LogP contribution in [0.1, 0.15) is 18.4 Å². The Kier molecular flexibility index (Phi) is 2.68. The van der Waals surface area contributed by atoms with Crippen molar-refractivity contribution < 1.29 is 19.0 Å². The maximum absolute atomic E-state index is 13.0. The molecule has 2 rings (SSSR count). The summed E-state index contributed by atoms with van der Waals surface area (Å²) in [6, 6.07) is 5.83. The van der Waals surface area contributed by atoms with Gasteiger partial charge in [-0.2, -0.15) is 0 Å². The molecule has 0 radical (unpaired) electrons. The number of benzene rings is 1. The lowest BCUT2D eigenvalue weighted by Crippen LogP contribution is -2.44. The normalized spacial score (nSPS) is 28.3. The Hall–Kier alpha value is -1.42. The van der Waals surface area contributed by atoms with Gasteiger partial charge in [-0.15, -0.1) is 0 Å². The number of hydrogen-bond donors (Lipinski definition) is 1. The van der Waals surface area contributed by atoms with E-state index in [1.807, 2.05) is 0 Å². The molecule has 3 nitrogen and oxygen atoms in total. The van der Waals surface area contributed by atoms with Crippen LogP contribution in [0.2, 0.25) is 0 Å². The molecule has 0 bridgehead atoms. The smallest absolute Gasteiger partial charge is 0.308 e. The lowest BCUT2D eigenvalue weighted by atomic mass is 9.67. The SMILES string of the molecule is COC(=O)C1CC(O)(c2cccc(F)c2)C1. The Morgan fingerprint density at radius 1 is 1.56 bits per heavy atom. The molecule has 1 N–H and O–H groups in total. The number of ether oxygens (including phenoxy) is 1. The van der Waals surface area contributed by atoms with Gasteiger partial charge in [0.05, 0.1) is 18.6 Å². The van der Waals surface area contributed by atoms with Crippen molar-refractivity contribution in [3.63, 3.8) is 0 Å². The largest absolute Gasteiger partial charge is 0.469 e. The van der Waals surface area contributed by atoms with E-state index in [0.29, 0.717) is 18.4 Å². The minimum Gasteiger partial charge on any atom is -0.469 e. The van der Waals surface area contributed by atoms with Gasteiger partial charge >= 0.3 is 5.97 Å². The molecule has 0 aliphatic heterocycles. The van der Waals surface area contributed by atoms with Gasteiger partial charge in [-0.3, -0.25) is 4.79 Å². The van der Waals surface area contributed by atoms with Crippen molar-refractivity contribution >= 4 is 5.97 Å². The van der Waals surface area contributed by atoms with E-state index in [-0.39, 0.29) is 17.7 Å². The molecule has 0 atom stereocenters. The van der Waals surface area contributed by atoms with Crippen LogP contribution in [-0.4, -0.2) is 18.2 Å². The Bertz CT molecular complexity index is 410. The zero-order valence-corrected chi connectivity index (χ0v) is 8.94. The van der Waals surface area contributed by atoms with Crippen LogP contribution in [-0.2, 0) is 15.1 Å².